The first-order valence-corrected chi connectivity index (χ1v) is 5.41. The minimum absolute atomic E-state index is 0.336. The van der Waals surface area contributed by atoms with Gasteiger partial charge in [0, 0.05) is 17.7 Å². The summed E-state index contributed by atoms with van der Waals surface area (Å²) in [6.07, 6.45) is -3.96. The van der Waals surface area contributed by atoms with E-state index in [1.165, 1.54) is 0 Å². The molecule has 1 aromatic heterocycles. The number of H-pyrrole nitrogens is 1. The molecule has 10 heteroatoms. The highest BCUT2D eigenvalue weighted by molar-refractivity contribution is 5.69. The van der Waals surface area contributed by atoms with Gasteiger partial charge in [0.05, 0.1) is 10.6 Å². The number of nitrogens with zero attached hydrogens (tertiary/aromatic N) is 2. The van der Waals surface area contributed by atoms with Crippen molar-refractivity contribution in [1.29, 1.82) is 0 Å². The molecule has 1 aromatic carbocycles. The quantitative estimate of drug-likeness (QED) is 0.533. The monoisotopic (exact) mass is 304 g/mol. The van der Waals surface area contributed by atoms with E-state index in [2.05, 4.69) is 5.10 Å². The Bertz CT molecular complexity index is 687. The molecule has 0 aliphatic heterocycles. The van der Waals surface area contributed by atoms with Crippen LogP contribution >= 0.6 is 0 Å². The Hall–Kier alpha value is -2.65. The van der Waals surface area contributed by atoms with Crippen LogP contribution in [0.2, 0.25) is 0 Å². The fourth-order valence-corrected chi connectivity index (χ4v) is 1.58. The molecule has 0 fully saturated rings. The standard InChI is InChI=1S/C11H7F4N3O3/c12-10(13)11(14,15)9-4-7(16-17-9)6-3-5(18(20)21)1-2-8(6)19/h1-4,10,19H,(H,16,17)/p-1. The molecular formula is C11H6F4N3O3-. The highest BCUT2D eigenvalue weighted by Crippen LogP contribution is 2.36. The summed E-state index contributed by atoms with van der Waals surface area (Å²) in [5.41, 5.74) is -2.34. The van der Waals surface area contributed by atoms with E-state index < -0.39 is 34.4 Å². The lowest BCUT2D eigenvalue weighted by Crippen LogP contribution is -2.23. The fourth-order valence-electron chi connectivity index (χ4n) is 1.58. The van der Waals surface area contributed by atoms with Crippen molar-refractivity contribution in [2.75, 3.05) is 0 Å². The number of benzene rings is 1. The summed E-state index contributed by atoms with van der Waals surface area (Å²) in [4.78, 5) is 9.82. The summed E-state index contributed by atoms with van der Waals surface area (Å²) < 4.78 is 50.6. The van der Waals surface area contributed by atoms with E-state index in [1.54, 1.807) is 5.10 Å². The molecule has 1 N–H and O–H groups in total. The molecule has 0 radical (unpaired) electrons. The Kier molecular flexibility index (Phi) is 3.54. The lowest BCUT2D eigenvalue weighted by molar-refractivity contribution is -0.385. The minimum Gasteiger partial charge on any atom is -0.872 e. The van der Waals surface area contributed by atoms with Gasteiger partial charge in [0.1, 0.15) is 5.69 Å². The predicted molar refractivity (Wildman–Crippen MR) is 60.0 cm³/mol. The van der Waals surface area contributed by atoms with Gasteiger partial charge in [-0.05, 0) is 6.07 Å². The Morgan fingerprint density at radius 2 is 1.95 bits per heavy atom. The molecule has 21 heavy (non-hydrogen) atoms. The smallest absolute Gasteiger partial charge is 0.348 e. The van der Waals surface area contributed by atoms with E-state index in [0.29, 0.717) is 6.07 Å². The third-order valence-corrected chi connectivity index (χ3v) is 2.66. The van der Waals surface area contributed by atoms with Crippen LogP contribution in [0.1, 0.15) is 5.69 Å². The van der Waals surface area contributed by atoms with Crippen molar-refractivity contribution in [3.8, 4) is 17.0 Å². The van der Waals surface area contributed by atoms with Crippen molar-refractivity contribution >= 4 is 5.69 Å². The summed E-state index contributed by atoms with van der Waals surface area (Å²) in [7, 11) is 0. The van der Waals surface area contributed by atoms with Crippen LogP contribution in [-0.2, 0) is 5.92 Å². The van der Waals surface area contributed by atoms with Crippen molar-refractivity contribution in [1.82, 2.24) is 10.2 Å². The van der Waals surface area contributed by atoms with Crippen LogP contribution in [0.25, 0.3) is 11.3 Å². The number of nitro benzene ring substituents is 1. The second-order valence-corrected chi connectivity index (χ2v) is 4.03. The first kappa shape index (κ1) is 14.8. The Labute approximate surface area is 114 Å². The maximum Gasteiger partial charge on any atom is 0.348 e. The van der Waals surface area contributed by atoms with Gasteiger partial charge < -0.3 is 5.11 Å². The molecule has 1 heterocycles. The normalized spacial score (nSPS) is 11.9. The van der Waals surface area contributed by atoms with Gasteiger partial charge in [-0.3, -0.25) is 15.2 Å². The number of alkyl halides is 4. The van der Waals surface area contributed by atoms with Crippen LogP contribution < -0.4 is 5.11 Å². The molecule has 0 amide bonds. The van der Waals surface area contributed by atoms with Crippen LogP contribution in [0.3, 0.4) is 0 Å². The molecule has 0 saturated carbocycles. The molecule has 0 aliphatic carbocycles. The third-order valence-electron chi connectivity index (χ3n) is 2.66. The molecule has 0 aliphatic rings. The highest BCUT2D eigenvalue weighted by Gasteiger charge is 2.44. The molecule has 112 valence electrons. The third kappa shape index (κ3) is 2.64. The average Bonchev–Trinajstić information content (AvgIpc) is 2.88. The Morgan fingerprint density at radius 1 is 1.29 bits per heavy atom. The van der Waals surface area contributed by atoms with Crippen LogP contribution in [-0.4, -0.2) is 21.5 Å². The zero-order chi connectivity index (χ0) is 15.8. The average molecular weight is 304 g/mol. The lowest BCUT2D eigenvalue weighted by atomic mass is 10.1. The number of non-ortho nitro benzene ring substituents is 1. The molecule has 6 nitrogen and oxygen atoms in total. The van der Waals surface area contributed by atoms with Crippen molar-refractivity contribution in [3.05, 3.63) is 40.1 Å². The van der Waals surface area contributed by atoms with Crippen molar-refractivity contribution in [3.63, 3.8) is 0 Å². The topological polar surface area (TPSA) is 94.9 Å². The van der Waals surface area contributed by atoms with E-state index in [9.17, 15) is 32.8 Å². The number of nitro groups is 1. The second-order valence-electron chi connectivity index (χ2n) is 4.03. The van der Waals surface area contributed by atoms with Crippen molar-refractivity contribution < 1.29 is 27.6 Å². The molecule has 0 spiro atoms. The molecule has 2 aromatic rings. The van der Waals surface area contributed by atoms with Crippen molar-refractivity contribution in [2.24, 2.45) is 0 Å². The molecular weight excluding hydrogens is 298 g/mol. The molecule has 0 saturated heterocycles. The number of aromatic nitrogens is 2. The maximum atomic E-state index is 13.1. The van der Waals surface area contributed by atoms with Crippen LogP contribution in [0.15, 0.2) is 24.3 Å². The lowest BCUT2D eigenvalue weighted by Gasteiger charge is -2.12. The summed E-state index contributed by atoms with van der Waals surface area (Å²) in [5.74, 6) is -5.17. The fraction of sp³-hybridized carbons (Fsp3) is 0.182. The molecule has 0 unspecified atom stereocenters. The summed E-state index contributed by atoms with van der Waals surface area (Å²) in [5, 5.41) is 27.2. The van der Waals surface area contributed by atoms with E-state index in [-0.39, 0.29) is 11.3 Å². The zero-order valence-corrected chi connectivity index (χ0v) is 10.0. The van der Waals surface area contributed by atoms with Gasteiger partial charge in [0.2, 0.25) is 0 Å². The number of halogens is 4. The number of aromatic amines is 1. The van der Waals surface area contributed by atoms with Crippen molar-refractivity contribution in [2.45, 2.75) is 12.3 Å². The summed E-state index contributed by atoms with van der Waals surface area (Å²) in [6, 6.07) is 3.20. The molecule has 2 rings (SSSR count). The number of hydrogen-bond acceptors (Lipinski definition) is 4. The van der Waals surface area contributed by atoms with Gasteiger partial charge in [-0.25, -0.2) is 8.78 Å². The summed E-state index contributed by atoms with van der Waals surface area (Å²) >= 11 is 0. The van der Waals surface area contributed by atoms with E-state index >= 15 is 0 Å². The maximum absolute atomic E-state index is 13.1. The SMILES string of the molecule is O=[N+]([O-])c1ccc([O-])c(-c2cc(C(F)(F)C(F)F)[nH]n2)c1. The van der Waals surface area contributed by atoms with Crippen LogP contribution in [0.4, 0.5) is 23.2 Å². The van der Waals surface area contributed by atoms with Gasteiger partial charge in [-0.2, -0.15) is 13.9 Å². The first-order chi connectivity index (χ1) is 9.73. The second kappa shape index (κ2) is 5.04. The van der Waals surface area contributed by atoms with E-state index in [4.69, 9.17) is 0 Å². The van der Waals surface area contributed by atoms with Gasteiger partial charge in [-0.1, -0.05) is 11.8 Å². The molecule has 0 bridgehead atoms. The van der Waals surface area contributed by atoms with Gasteiger partial charge in [-0.15, -0.1) is 0 Å². The van der Waals surface area contributed by atoms with E-state index in [0.717, 1.165) is 18.2 Å². The first-order valence-electron chi connectivity index (χ1n) is 5.41. The Balaban J connectivity index is 2.47. The summed E-state index contributed by atoms with van der Waals surface area (Å²) in [6.45, 7) is 0. The van der Waals surface area contributed by atoms with Crippen LogP contribution in [0.5, 0.6) is 5.75 Å². The minimum atomic E-state index is -4.46. The molecule has 0 atom stereocenters. The number of hydrogen-bond donors (Lipinski definition) is 1. The number of rotatable bonds is 4. The van der Waals surface area contributed by atoms with E-state index in [1.807, 2.05) is 0 Å². The van der Waals surface area contributed by atoms with Gasteiger partial charge in [0.15, 0.2) is 0 Å². The zero-order valence-electron chi connectivity index (χ0n) is 10.0. The number of nitrogens with one attached hydrogen (secondary N) is 1. The predicted octanol–water partition coefficient (Wildman–Crippen LogP) is 2.42. The highest BCUT2D eigenvalue weighted by atomic mass is 19.3. The van der Waals surface area contributed by atoms with Gasteiger partial charge in [0.25, 0.3) is 5.69 Å². The Morgan fingerprint density at radius 3 is 2.52 bits per heavy atom. The van der Waals surface area contributed by atoms with Crippen LogP contribution in [0, 0.1) is 10.1 Å². The van der Waals surface area contributed by atoms with Gasteiger partial charge >= 0.3 is 12.3 Å². The largest absolute Gasteiger partial charge is 0.872 e.